The van der Waals surface area contributed by atoms with Crippen LogP contribution in [0.25, 0.3) is 0 Å². The molecule has 1 aromatic heterocycles. The predicted molar refractivity (Wildman–Crippen MR) is 103 cm³/mol. The first-order valence-corrected chi connectivity index (χ1v) is 9.92. The molecule has 2 aromatic rings. The lowest BCUT2D eigenvalue weighted by Crippen LogP contribution is -2.39. The molecule has 1 unspecified atom stereocenters. The second-order valence-corrected chi connectivity index (χ2v) is 7.16. The van der Waals surface area contributed by atoms with Crippen LogP contribution < -0.4 is 10.2 Å². The summed E-state index contributed by atoms with van der Waals surface area (Å²) in [5.74, 6) is 1.03. The SMILES string of the molecule is CCNC(=O)N1CCCC1c1noc(CCC(=O)N2CCc3ccccc32)n1. The normalized spacial score (nSPS) is 18.4. The molecule has 28 heavy (non-hydrogen) atoms. The maximum atomic E-state index is 12.6. The van der Waals surface area contributed by atoms with Crippen molar-refractivity contribution in [1.29, 1.82) is 0 Å². The Morgan fingerprint density at radius 1 is 1.29 bits per heavy atom. The number of hydrogen-bond acceptors (Lipinski definition) is 5. The molecule has 8 nitrogen and oxygen atoms in total. The Morgan fingerprint density at radius 2 is 2.14 bits per heavy atom. The first-order chi connectivity index (χ1) is 13.7. The number of anilines is 1. The Balaban J connectivity index is 1.36. The maximum absolute atomic E-state index is 12.6. The van der Waals surface area contributed by atoms with Crippen LogP contribution >= 0.6 is 0 Å². The van der Waals surface area contributed by atoms with E-state index in [0.717, 1.165) is 31.5 Å². The van der Waals surface area contributed by atoms with Crippen molar-refractivity contribution in [3.63, 3.8) is 0 Å². The fraction of sp³-hybridized carbons (Fsp3) is 0.500. The summed E-state index contributed by atoms with van der Waals surface area (Å²) < 4.78 is 5.36. The number of rotatable bonds is 5. The molecule has 3 amide bonds. The molecule has 0 spiro atoms. The minimum Gasteiger partial charge on any atom is -0.339 e. The van der Waals surface area contributed by atoms with Gasteiger partial charge in [-0.3, -0.25) is 4.79 Å². The summed E-state index contributed by atoms with van der Waals surface area (Å²) in [6.45, 7) is 3.89. The van der Waals surface area contributed by atoms with Crippen molar-refractivity contribution in [2.75, 3.05) is 24.5 Å². The summed E-state index contributed by atoms with van der Waals surface area (Å²) >= 11 is 0. The molecular weight excluding hydrogens is 358 g/mol. The van der Waals surface area contributed by atoms with E-state index in [9.17, 15) is 9.59 Å². The highest BCUT2D eigenvalue weighted by Crippen LogP contribution is 2.30. The second-order valence-electron chi connectivity index (χ2n) is 7.16. The van der Waals surface area contributed by atoms with Crippen LogP contribution in [0.5, 0.6) is 0 Å². The van der Waals surface area contributed by atoms with E-state index in [-0.39, 0.29) is 18.0 Å². The van der Waals surface area contributed by atoms with Crippen molar-refractivity contribution in [1.82, 2.24) is 20.4 Å². The fourth-order valence-corrected chi connectivity index (χ4v) is 3.98. The van der Waals surface area contributed by atoms with Crippen molar-refractivity contribution in [3.05, 3.63) is 41.5 Å². The molecule has 1 atom stereocenters. The number of para-hydroxylation sites is 1. The van der Waals surface area contributed by atoms with E-state index in [2.05, 4.69) is 21.5 Å². The molecular formula is C20H25N5O3. The lowest BCUT2D eigenvalue weighted by atomic mass is 10.2. The highest BCUT2D eigenvalue weighted by molar-refractivity contribution is 5.95. The highest BCUT2D eigenvalue weighted by Gasteiger charge is 2.33. The Bertz CT molecular complexity index is 865. The topological polar surface area (TPSA) is 91.6 Å². The molecule has 1 saturated heterocycles. The van der Waals surface area contributed by atoms with Gasteiger partial charge < -0.3 is 19.6 Å². The second kappa shape index (κ2) is 8.00. The van der Waals surface area contributed by atoms with E-state index in [4.69, 9.17) is 4.52 Å². The zero-order valence-corrected chi connectivity index (χ0v) is 16.1. The summed E-state index contributed by atoms with van der Waals surface area (Å²) in [5, 5.41) is 6.89. The van der Waals surface area contributed by atoms with Crippen LogP contribution in [-0.2, 0) is 17.6 Å². The van der Waals surface area contributed by atoms with Crippen LogP contribution in [0, 0.1) is 0 Å². The van der Waals surface area contributed by atoms with Gasteiger partial charge in [-0.1, -0.05) is 23.4 Å². The minimum atomic E-state index is -0.162. The van der Waals surface area contributed by atoms with Crippen molar-refractivity contribution in [2.24, 2.45) is 0 Å². The van der Waals surface area contributed by atoms with Crippen molar-refractivity contribution in [3.8, 4) is 0 Å². The highest BCUT2D eigenvalue weighted by atomic mass is 16.5. The first-order valence-electron chi connectivity index (χ1n) is 9.92. The number of benzene rings is 1. The maximum Gasteiger partial charge on any atom is 0.318 e. The van der Waals surface area contributed by atoms with Gasteiger partial charge >= 0.3 is 6.03 Å². The van der Waals surface area contributed by atoms with Crippen LogP contribution in [0.1, 0.15) is 49.5 Å². The molecule has 0 saturated carbocycles. The van der Waals surface area contributed by atoms with Gasteiger partial charge in [-0.25, -0.2) is 4.79 Å². The van der Waals surface area contributed by atoms with Crippen LogP contribution in [0.2, 0.25) is 0 Å². The molecule has 2 aliphatic rings. The van der Waals surface area contributed by atoms with Crippen LogP contribution in [0.4, 0.5) is 10.5 Å². The number of amides is 3. The van der Waals surface area contributed by atoms with Gasteiger partial charge in [0, 0.05) is 38.2 Å². The zero-order chi connectivity index (χ0) is 19.5. The lowest BCUT2D eigenvalue weighted by molar-refractivity contribution is -0.118. The van der Waals surface area contributed by atoms with Gasteiger partial charge in [0.25, 0.3) is 0 Å². The largest absolute Gasteiger partial charge is 0.339 e. The Kier molecular flexibility index (Phi) is 5.27. The molecule has 3 heterocycles. The number of aromatic nitrogens is 2. The minimum absolute atomic E-state index is 0.0644. The average molecular weight is 383 g/mol. The molecule has 1 fully saturated rings. The van der Waals surface area contributed by atoms with Gasteiger partial charge in [-0.2, -0.15) is 4.98 Å². The van der Waals surface area contributed by atoms with E-state index in [0.29, 0.717) is 37.6 Å². The van der Waals surface area contributed by atoms with Crippen molar-refractivity contribution in [2.45, 2.75) is 45.1 Å². The zero-order valence-electron chi connectivity index (χ0n) is 16.1. The third kappa shape index (κ3) is 3.58. The Morgan fingerprint density at radius 3 is 3.00 bits per heavy atom. The smallest absolute Gasteiger partial charge is 0.318 e. The summed E-state index contributed by atoms with van der Waals surface area (Å²) in [4.78, 5) is 32.9. The van der Waals surface area contributed by atoms with Crippen LogP contribution in [0.3, 0.4) is 0 Å². The van der Waals surface area contributed by atoms with E-state index in [1.54, 1.807) is 4.90 Å². The molecule has 0 bridgehead atoms. The molecule has 148 valence electrons. The van der Waals surface area contributed by atoms with Gasteiger partial charge in [0.15, 0.2) is 5.82 Å². The van der Waals surface area contributed by atoms with Crippen molar-refractivity contribution >= 4 is 17.6 Å². The predicted octanol–water partition coefficient (Wildman–Crippen LogP) is 2.46. The third-order valence-corrected chi connectivity index (χ3v) is 5.36. The number of nitrogens with one attached hydrogen (secondary N) is 1. The number of fused-ring (bicyclic) bond motifs is 1. The average Bonchev–Trinajstić information content (AvgIpc) is 3.44. The summed E-state index contributed by atoms with van der Waals surface area (Å²) in [7, 11) is 0. The number of carbonyl (C=O) groups excluding carboxylic acids is 2. The number of carbonyl (C=O) groups is 2. The fourth-order valence-electron chi connectivity index (χ4n) is 3.98. The first kappa shape index (κ1) is 18.5. The summed E-state index contributed by atoms with van der Waals surface area (Å²) in [6, 6.07) is 7.75. The van der Waals surface area contributed by atoms with E-state index in [1.165, 1.54) is 5.56 Å². The Hall–Kier alpha value is -2.90. The van der Waals surface area contributed by atoms with E-state index >= 15 is 0 Å². The van der Waals surface area contributed by atoms with Crippen molar-refractivity contribution < 1.29 is 14.1 Å². The standard InChI is InChI=1S/C20H25N5O3/c1-2-21-20(27)25-12-5-8-16(25)19-22-17(28-23-19)9-10-18(26)24-13-11-14-6-3-4-7-15(14)24/h3-4,6-7,16H,2,5,8-13H2,1H3,(H,21,27). The molecule has 8 heteroatoms. The quantitative estimate of drug-likeness (QED) is 0.856. The molecule has 2 aliphatic heterocycles. The van der Waals surface area contributed by atoms with Gasteiger partial charge in [0.1, 0.15) is 0 Å². The molecule has 1 aromatic carbocycles. The van der Waals surface area contributed by atoms with E-state index < -0.39 is 0 Å². The number of hydrogen-bond donors (Lipinski definition) is 1. The number of nitrogens with zero attached hydrogens (tertiary/aromatic N) is 4. The van der Waals surface area contributed by atoms with Gasteiger partial charge in [0.2, 0.25) is 11.8 Å². The molecule has 4 rings (SSSR count). The Labute approximate surface area is 163 Å². The van der Waals surface area contributed by atoms with Gasteiger partial charge in [-0.05, 0) is 37.8 Å². The summed E-state index contributed by atoms with van der Waals surface area (Å²) in [6.07, 6.45) is 3.35. The number of aryl methyl sites for hydroxylation is 1. The molecule has 0 aliphatic carbocycles. The van der Waals surface area contributed by atoms with Gasteiger partial charge in [-0.15, -0.1) is 0 Å². The molecule has 1 N–H and O–H groups in total. The number of urea groups is 1. The lowest BCUT2D eigenvalue weighted by Gasteiger charge is -2.22. The van der Waals surface area contributed by atoms with Gasteiger partial charge in [0.05, 0.1) is 6.04 Å². The van der Waals surface area contributed by atoms with Crippen LogP contribution in [0.15, 0.2) is 28.8 Å². The summed E-state index contributed by atoms with van der Waals surface area (Å²) in [5.41, 5.74) is 2.21. The molecule has 0 radical (unpaired) electrons. The third-order valence-electron chi connectivity index (χ3n) is 5.36. The van der Waals surface area contributed by atoms with E-state index in [1.807, 2.05) is 30.0 Å². The monoisotopic (exact) mass is 383 g/mol. The van der Waals surface area contributed by atoms with Crippen LogP contribution in [-0.4, -0.2) is 46.6 Å². The number of likely N-dealkylation sites (tertiary alicyclic amines) is 1.